The fraction of sp³-hybridized carbons (Fsp3) is 0.318. The number of rotatable bonds is 4. The molecule has 175 valence electrons. The molecule has 6 nitrogen and oxygen atoms in total. The van der Waals surface area contributed by atoms with Crippen LogP contribution in [0.4, 0.5) is 23.2 Å². The van der Waals surface area contributed by atoms with Crippen LogP contribution in [0.2, 0.25) is 0 Å². The molecular formula is C22H20F4N3O3S. The molecule has 0 saturated carbocycles. The predicted molar refractivity (Wildman–Crippen MR) is 114 cm³/mol. The molecule has 1 radical (unpaired) electrons. The Bertz CT molecular complexity index is 1230. The predicted octanol–water partition coefficient (Wildman–Crippen LogP) is 4.27. The van der Waals surface area contributed by atoms with Gasteiger partial charge in [0.15, 0.2) is 0 Å². The zero-order valence-corrected chi connectivity index (χ0v) is 18.5. The van der Waals surface area contributed by atoms with Crippen LogP contribution in [-0.2, 0) is 10.0 Å². The highest BCUT2D eigenvalue weighted by atomic mass is 32.2. The summed E-state index contributed by atoms with van der Waals surface area (Å²) in [5.74, 6) is -0.234. The number of methoxy groups -OCH3 is 1. The Balaban J connectivity index is 1.67. The fourth-order valence-electron chi connectivity index (χ4n) is 4.13. The number of halogens is 4. The highest BCUT2D eigenvalue weighted by Crippen LogP contribution is 2.40. The van der Waals surface area contributed by atoms with Gasteiger partial charge >= 0.3 is 15.5 Å². The van der Waals surface area contributed by atoms with E-state index in [-0.39, 0.29) is 9.87 Å². The maximum Gasteiger partial charge on any atom is 0.516 e. The van der Waals surface area contributed by atoms with E-state index in [1.165, 1.54) is 31.6 Å². The molecule has 3 heterocycles. The number of hydrogen-bond donors (Lipinski definition) is 0. The molecule has 0 bridgehead atoms. The van der Waals surface area contributed by atoms with E-state index in [0.29, 0.717) is 35.5 Å². The summed E-state index contributed by atoms with van der Waals surface area (Å²) in [6, 6.07) is 5.84. The first kappa shape index (κ1) is 23.1. The monoisotopic (exact) mass is 482 g/mol. The van der Waals surface area contributed by atoms with Gasteiger partial charge < -0.3 is 9.64 Å². The van der Waals surface area contributed by atoms with Crippen molar-refractivity contribution in [2.24, 2.45) is 0 Å². The van der Waals surface area contributed by atoms with E-state index < -0.39 is 33.9 Å². The first-order valence-corrected chi connectivity index (χ1v) is 11.4. The van der Waals surface area contributed by atoms with Gasteiger partial charge in [0.1, 0.15) is 11.6 Å². The van der Waals surface area contributed by atoms with Crippen LogP contribution >= 0.6 is 0 Å². The van der Waals surface area contributed by atoms with Crippen LogP contribution in [0.15, 0.2) is 53.9 Å². The maximum absolute atomic E-state index is 15.2. The zero-order valence-electron chi connectivity index (χ0n) is 17.7. The largest absolute Gasteiger partial charge is 0.516 e. The van der Waals surface area contributed by atoms with Gasteiger partial charge in [-0.15, -0.1) is 0 Å². The van der Waals surface area contributed by atoms with Crippen molar-refractivity contribution in [1.82, 2.24) is 9.29 Å². The van der Waals surface area contributed by atoms with Crippen molar-refractivity contribution in [2.75, 3.05) is 25.1 Å². The molecule has 11 heteroatoms. The topological polar surface area (TPSA) is 62.7 Å². The van der Waals surface area contributed by atoms with E-state index in [4.69, 9.17) is 4.74 Å². The standard InChI is InChI=1S/C22H20F4N3O3S/c1-14-18-13-28(33(30,31)22(24,25)26)9-5-15(18)6-10-29(14)17-11-19(23)21(20(12-17)32-2)16-3-7-27-8-4-16/h3-5,7-8,11-12,14H,6,10,13H2,1-2H3. The summed E-state index contributed by atoms with van der Waals surface area (Å²) in [4.78, 5) is 5.75. The number of ether oxygens (including phenoxy) is 1. The van der Waals surface area contributed by atoms with Crippen molar-refractivity contribution in [3.8, 4) is 16.9 Å². The van der Waals surface area contributed by atoms with Gasteiger partial charge in [0, 0.05) is 36.7 Å². The second-order valence-corrected chi connectivity index (χ2v) is 9.50. The number of allylic oxidation sites excluding steroid dienone is 1. The lowest BCUT2D eigenvalue weighted by molar-refractivity contribution is -0.0478. The van der Waals surface area contributed by atoms with Gasteiger partial charge in [-0.1, -0.05) is 0 Å². The van der Waals surface area contributed by atoms with Crippen LogP contribution in [0.3, 0.4) is 0 Å². The number of nitrogens with zero attached hydrogens (tertiary/aromatic N) is 3. The van der Waals surface area contributed by atoms with Crippen molar-refractivity contribution < 1.29 is 30.7 Å². The van der Waals surface area contributed by atoms with Crippen LogP contribution in [0.1, 0.15) is 13.3 Å². The smallest absolute Gasteiger partial charge is 0.496 e. The Labute approximate surface area is 188 Å². The highest BCUT2D eigenvalue weighted by molar-refractivity contribution is 7.90. The number of pyridine rings is 1. The first-order valence-electron chi connectivity index (χ1n) is 9.99. The number of anilines is 1. The summed E-state index contributed by atoms with van der Waals surface area (Å²) in [7, 11) is -4.13. The highest BCUT2D eigenvalue weighted by Gasteiger charge is 2.50. The number of alkyl halides is 3. The molecule has 0 amide bonds. The molecule has 1 aromatic heterocycles. The molecule has 2 aliphatic rings. The van der Waals surface area contributed by atoms with E-state index in [2.05, 4.69) is 11.2 Å². The van der Waals surface area contributed by atoms with Crippen LogP contribution in [0, 0.1) is 12.0 Å². The fourth-order valence-corrected chi connectivity index (χ4v) is 4.88. The van der Waals surface area contributed by atoms with Crippen molar-refractivity contribution >= 4 is 15.7 Å². The van der Waals surface area contributed by atoms with Gasteiger partial charge in [0.25, 0.3) is 0 Å². The molecule has 4 rings (SSSR count). The van der Waals surface area contributed by atoms with Crippen LogP contribution in [0.5, 0.6) is 5.75 Å². The van der Waals surface area contributed by atoms with Gasteiger partial charge in [-0.2, -0.15) is 21.6 Å². The maximum atomic E-state index is 15.2. The molecule has 1 aromatic carbocycles. The van der Waals surface area contributed by atoms with Gasteiger partial charge in [-0.3, -0.25) is 9.29 Å². The second kappa shape index (κ2) is 8.36. The lowest BCUT2D eigenvalue weighted by atomic mass is 9.91. The van der Waals surface area contributed by atoms with E-state index in [1.54, 1.807) is 25.1 Å². The molecule has 2 aliphatic heterocycles. The molecule has 0 aliphatic carbocycles. The third kappa shape index (κ3) is 4.05. The zero-order chi connectivity index (χ0) is 24.0. The molecule has 0 saturated heterocycles. The minimum Gasteiger partial charge on any atom is -0.496 e. The summed E-state index contributed by atoms with van der Waals surface area (Å²) in [5.41, 5.74) is -2.86. The third-order valence-electron chi connectivity index (χ3n) is 5.85. The van der Waals surface area contributed by atoms with Gasteiger partial charge in [-0.25, -0.2) is 4.39 Å². The molecule has 2 aromatic rings. The molecule has 1 atom stereocenters. The van der Waals surface area contributed by atoms with Crippen molar-refractivity contribution in [3.63, 3.8) is 0 Å². The van der Waals surface area contributed by atoms with Gasteiger partial charge in [0.05, 0.1) is 25.4 Å². The second-order valence-electron chi connectivity index (χ2n) is 7.64. The van der Waals surface area contributed by atoms with E-state index in [9.17, 15) is 21.6 Å². The average molecular weight is 482 g/mol. The Morgan fingerprint density at radius 3 is 2.55 bits per heavy atom. The summed E-state index contributed by atoms with van der Waals surface area (Å²) >= 11 is 0. The lowest BCUT2D eigenvalue weighted by Gasteiger charge is -2.41. The van der Waals surface area contributed by atoms with Crippen LogP contribution in [0.25, 0.3) is 11.1 Å². The SMILES string of the molecule is COc1cc(N2CCC3=C(CN(S(=O)(=O)C(F)(F)F)[C]=C3)C2C)cc(F)c1-c1ccncc1. The number of benzene rings is 1. The normalized spacial score (nSPS) is 19.0. The Hall–Kier alpha value is -3.08. The van der Waals surface area contributed by atoms with E-state index in [1.807, 2.05) is 4.90 Å². The summed E-state index contributed by atoms with van der Waals surface area (Å²) in [5, 5.41) is 0. The van der Waals surface area contributed by atoms with Crippen molar-refractivity contribution in [3.05, 3.63) is 65.9 Å². The summed E-state index contributed by atoms with van der Waals surface area (Å²) in [6.45, 7) is 1.73. The third-order valence-corrected chi connectivity index (χ3v) is 7.24. The summed E-state index contributed by atoms with van der Waals surface area (Å²) in [6.07, 6.45) is 7.04. The quantitative estimate of drug-likeness (QED) is 0.609. The number of aromatic nitrogens is 1. The Kier molecular flexibility index (Phi) is 5.85. The molecule has 0 spiro atoms. The van der Waals surface area contributed by atoms with E-state index in [0.717, 1.165) is 5.57 Å². The molecule has 0 fully saturated rings. The first-order chi connectivity index (χ1) is 15.5. The van der Waals surface area contributed by atoms with Gasteiger partial charge in [0.2, 0.25) is 0 Å². The molecule has 33 heavy (non-hydrogen) atoms. The van der Waals surface area contributed by atoms with Crippen molar-refractivity contribution in [2.45, 2.75) is 24.9 Å². The average Bonchev–Trinajstić information content (AvgIpc) is 2.78. The number of hydrogen-bond acceptors (Lipinski definition) is 5. The number of sulfonamides is 1. The molecule has 0 N–H and O–H groups in total. The molecule has 1 unspecified atom stereocenters. The van der Waals surface area contributed by atoms with Crippen LogP contribution in [-0.4, -0.2) is 49.5 Å². The lowest BCUT2D eigenvalue weighted by Crippen LogP contribution is -2.46. The molecular weight excluding hydrogens is 462 g/mol. The van der Waals surface area contributed by atoms with Crippen LogP contribution < -0.4 is 9.64 Å². The Morgan fingerprint density at radius 2 is 1.91 bits per heavy atom. The summed E-state index contributed by atoms with van der Waals surface area (Å²) < 4.78 is 83.5. The minimum absolute atomic E-state index is 0.180. The Morgan fingerprint density at radius 1 is 1.21 bits per heavy atom. The van der Waals surface area contributed by atoms with Gasteiger partial charge in [-0.05, 0) is 54.3 Å². The van der Waals surface area contributed by atoms with Crippen molar-refractivity contribution in [1.29, 1.82) is 0 Å². The minimum atomic E-state index is -5.56. The van der Waals surface area contributed by atoms with E-state index >= 15 is 4.39 Å².